The van der Waals surface area contributed by atoms with Crippen molar-refractivity contribution < 1.29 is 13.9 Å². The normalized spacial score (nSPS) is 17.5. The summed E-state index contributed by atoms with van der Waals surface area (Å²) in [7, 11) is 3.56. The molecule has 1 amide bonds. The number of anilines is 1. The number of carbonyl (C=O) groups is 1. The van der Waals surface area contributed by atoms with Gasteiger partial charge in [-0.3, -0.25) is 9.69 Å². The van der Waals surface area contributed by atoms with Crippen molar-refractivity contribution in [2.75, 3.05) is 32.1 Å². The van der Waals surface area contributed by atoms with E-state index in [4.69, 9.17) is 10.5 Å². The van der Waals surface area contributed by atoms with E-state index >= 15 is 0 Å². The lowest BCUT2D eigenvalue weighted by atomic mass is 10.0. The number of carbonyl (C=O) groups excluding carboxylic acids is 1. The largest absolute Gasteiger partial charge is 0.381 e. The molecule has 0 aliphatic carbocycles. The van der Waals surface area contributed by atoms with Gasteiger partial charge in [0.25, 0.3) is 0 Å². The molecule has 1 aliphatic rings. The molecule has 1 aromatic rings. The maximum atomic E-state index is 13.7. The van der Waals surface area contributed by atoms with Crippen LogP contribution in [-0.4, -0.2) is 50.2 Å². The van der Waals surface area contributed by atoms with Crippen LogP contribution >= 0.6 is 0 Å². The molecule has 1 heterocycles. The highest BCUT2D eigenvalue weighted by atomic mass is 19.1. The predicted octanol–water partition coefficient (Wildman–Crippen LogP) is 1.75. The Labute approximate surface area is 137 Å². The third-order valence-corrected chi connectivity index (χ3v) is 4.65. The van der Waals surface area contributed by atoms with Gasteiger partial charge in [-0.1, -0.05) is 0 Å². The van der Waals surface area contributed by atoms with E-state index in [1.165, 1.54) is 6.07 Å². The number of piperidine rings is 1. The van der Waals surface area contributed by atoms with Crippen molar-refractivity contribution in [3.05, 3.63) is 29.6 Å². The lowest BCUT2D eigenvalue weighted by Gasteiger charge is -2.35. The zero-order valence-corrected chi connectivity index (χ0v) is 14.1. The Bertz CT molecular complexity index is 545. The van der Waals surface area contributed by atoms with Gasteiger partial charge in [-0.2, -0.15) is 0 Å². The molecule has 2 N–H and O–H groups in total. The number of nitrogens with zero attached hydrogens (tertiary/aromatic N) is 2. The van der Waals surface area contributed by atoms with Crippen molar-refractivity contribution in [1.29, 1.82) is 0 Å². The summed E-state index contributed by atoms with van der Waals surface area (Å²) >= 11 is 0. The van der Waals surface area contributed by atoms with Crippen molar-refractivity contribution in [1.82, 2.24) is 4.90 Å². The van der Waals surface area contributed by atoms with E-state index in [-0.39, 0.29) is 11.7 Å². The van der Waals surface area contributed by atoms with Gasteiger partial charge in [0.05, 0.1) is 12.1 Å². The number of hydrogen-bond acceptors (Lipinski definition) is 4. The van der Waals surface area contributed by atoms with Gasteiger partial charge in [0.2, 0.25) is 5.91 Å². The van der Waals surface area contributed by atoms with Crippen LogP contribution in [0.2, 0.25) is 0 Å². The summed E-state index contributed by atoms with van der Waals surface area (Å²) in [4.78, 5) is 15.4. The van der Waals surface area contributed by atoms with Crippen molar-refractivity contribution in [3.8, 4) is 0 Å². The molecule has 128 valence electrons. The van der Waals surface area contributed by atoms with Gasteiger partial charge >= 0.3 is 0 Å². The van der Waals surface area contributed by atoms with Crippen molar-refractivity contribution in [2.45, 2.75) is 38.5 Å². The van der Waals surface area contributed by atoms with Gasteiger partial charge < -0.3 is 15.4 Å². The molecule has 0 saturated carbocycles. The summed E-state index contributed by atoms with van der Waals surface area (Å²) in [5.74, 6) is -0.651. The minimum atomic E-state index is -0.398. The zero-order chi connectivity index (χ0) is 17.0. The number of rotatable bonds is 6. The molecule has 6 heteroatoms. The number of hydrogen-bond donors (Lipinski definition) is 1. The summed E-state index contributed by atoms with van der Waals surface area (Å²) in [5, 5.41) is 0. The third kappa shape index (κ3) is 4.42. The second-order valence-corrected chi connectivity index (χ2v) is 6.19. The van der Waals surface area contributed by atoms with E-state index in [1.54, 1.807) is 20.1 Å². The second kappa shape index (κ2) is 7.75. The van der Waals surface area contributed by atoms with E-state index in [1.807, 2.05) is 18.0 Å². The molecule has 1 fully saturated rings. The van der Waals surface area contributed by atoms with Gasteiger partial charge in [-0.15, -0.1) is 0 Å². The number of primary amides is 1. The number of benzene rings is 1. The Hall–Kier alpha value is -1.66. The number of methoxy groups -OCH3 is 1. The maximum absolute atomic E-state index is 13.7. The monoisotopic (exact) mass is 323 g/mol. The molecule has 0 bridgehead atoms. The van der Waals surface area contributed by atoms with Gasteiger partial charge in [-0.05, 0) is 50.6 Å². The molecule has 1 aliphatic heterocycles. The topological polar surface area (TPSA) is 58.8 Å². The van der Waals surface area contributed by atoms with E-state index in [2.05, 4.69) is 4.90 Å². The van der Waals surface area contributed by atoms with Crippen LogP contribution in [0.1, 0.15) is 25.3 Å². The molecule has 1 atom stereocenters. The second-order valence-electron chi connectivity index (χ2n) is 6.19. The molecular weight excluding hydrogens is 297 g/mol. The number of halogens is 1. The highest BCUT2D eigenvalue weighted by molar-refractivity contribution is 5.79. The van der Waals surface area contributed by atoms with Crippen LogP contribution in [0.4, 0.5) is 10.1 Å². The fraction of sp³-hybridized carbons (Fsp3) is 0.588. The first kappa shape index (κ1) is 17.7. The average molecular weight is 323 g/mol. The Morgan fingerprint density at radius 1 is 1.48 bits per heavy atom. The molecule has 0 unspecified atom stereocenters. The molecule has 1 saturated heterocycles. The predicted molar refractivity (Wildman–Crippen MR) is 88.8 cm³/mol. The minimum absolute atomic E-state index is 0.268. The quantitative estimate of drug-likeness (QED) is 0.866. The smallest absolute Gasteiger partial charge is 0.234 e. The van der Waals surface area contributed by atoms with Crippen LogP contribution in [0.5, 0.6) is 0 Å². The first-order valence-corrected chi connectivity index (χ1v) is 7.98. The van der Waals surface area contributed by atoms with E-state index in [9.17, 15) is 9.18 Å². The number of nitrogens with two attached hydrogens (primary N) is 1. The fourth-order valence-electron chi connectivity index (χ4n) is 2.94. The van der Waals surface area contributed by atoms with Crippen LogP contribution in [0.3, 0.4) is 0 Å². The number of likely N-dealkylation sites (N-methyl/N-ethyl adjacent to an activating group) is 1. The third-order valence-electron chi connectivity index (χ3n) is 4.65. The average Bonchev–Trinajstić information content (AvgIpc) is 2.54. The number of ether oxygens (including phenoxy) is 1. The van der Waals surface area contributed by atoms with Gasteiger partial charge in [-0.25, -0.2) is 4.39 Å². The molecule has 5 nitrogen and oxygen atoms in total. The van der Waals surface area contributed by atoms with E-state index < -0.39 is 6.04 Å². The Morgan fingerprint density at radius 2 is 2.13 bits per heavy atom. The van der Waals surface area contributed by atoms with E-state index in [0.29, 0.717) is 12.6 Å². The summed E-state index contributed by atoms with van der Waals surface area (Å²) in [6.45, 7) is 3.99. The summed E-state index contributed by atoms with van der Waals surface area (Å²) in [6.07, 6.45) is 2.22. The Balaban J connectivity index is 2.16. The summed E-state index contributed by atoms with van der Waals surface area (Å²) in [6, 6.07) is 4.45. The Morgan fingerprint density at radius 3 is 2.70 bits per heavy atom. The molecule has 23 heavy (non-hydrogen) atoms. The lowest BCUT2D eigenvalue weighted by molar-refractivity contribution is -0.122. The van der Waals surface area contributed by atoms with Crippen molar-refractivity contribution >= 4 is 11.6 Å². The van der Waals surface area contributed by atoms with Gasteiger partial charge in [0.15, 0.2) is 0 Å². The van der Waals surface area contributed by atoms with Gasteiger partial charge in [0, 0.05) is 32.4 Å². The molecule has 0 aromatic heterocycles. The first-order valence-electron chi connectivity index (χ1n) is 7.98. The van der Waals surface area contributed by atoms with Gasteiger partial charge in [0.1, 0.15) is 5.82 Å². The van der Waals surface area contributed by atoms with Crippen molar-refractivity contribution in [3.63, 3.8) is 0 Å². The maximum Gasteiger partial charge on any atom is 0.234 e. The first-order chi connectivity index (χ1) is 10.9. The SMILES string of the molecule is COC1CCN(c2ccc(F)cc2CN(C)[C@H](C)C(N)=O)CC1. The Kier molecular flexibility index (Phi) is 5.96. The molecule has 1 aromatic carbocycles. The molecule has 2 rings (SSSR count). The molecule has 0 spiro atoms. The van der Waals surface area contributed by atoms with Crippen LogP contribution in [-0.2, 0) is 16.1 Å². The van der Waals surface area contributed by atoms with Crippen LogP contribution in [0, 0.1) is 5.82 Å². The van der Waals surface area contributed by atoms with Crippen LogP contribution in [0.15, 0.2) is 18.2 Å². The standard InChI is InChI=1S/C17H26FN3O2/c1-12(17(19)22)20(2)11-13-10-14(18)4-5-16(13)21-8-6-15(23-3)7-9-21/h4-5,10,12,15H,6-9,11H2,1-3H3,(H2,19,22)/t12-/m1/s1. The highest BCUT2D eigenvalue weighted by Gasteiger charge is 2.22. The zero-order valence-electron chi connectivity index (χ0n) is 14.1. The highest BCUT2D eigenvalue weighted by Crippen LogP contribution is 2.27. The minimum Gasteiger partial charge on any atom is -0.381 e. The summed E-state index contributed by atoms with van der Waals surface area (Å²) < 4.78 is 19.1. The number of amides is 1. The van der Waals surface area contributed by atoms with Crippen LogP contribution in [0.25, 0.3) is 0 Å². The van der Waals surface area contributed by atoms with Crippen molar-refractivity contribution in [2.24, 2.45) is 5.73 Å². The van der Waals surface area contributed by atoms with E-state index in [0.717, 1.165) is 37.2 Å². The fourth-order valence-corrected chi connectivity index (χ4v) is 2.94. The van der Waals surface area contributed by atoms with Crippen LogP contribution < -0.4 is 10.6 Å². The molecular formula is C17H26FN3O2. The summed E-state index contributed by atoms with van der Waals surface area (Å²) in [5.41, 5.74) is 7.24. The molecule has 0 radical (unpaired) electrons. The lowest BCUT2D eigenvalue weighted by Crippen LogP contribution is -2.41.